The summed E-state index contributed by atoms with van der Waals surface area (Å²) < 4.78 is 0. The molecule has 0 bridgehead atoms. The minimum absolute atomic E-state index is 0.0266. The van der Waals surface area contributed by atoms with Crippen LogP contribution in [0.1, 0.15) is 39.1 Å². The highest BCUT2D eigenvalue weighted by Crippen LogP contribution is 2.45. The Balaban J connectivity index is 1.60. The summed E-state index contributed by atoms with van der Waals surface area (Å²) in [4.78, 5) is 43.9. The Bertz CT molecular complexity index is 909. The molecule has 3 heterocycles. The maximum Gasteiger partial charge on any atom is 0.255 e. The number of H-pyrrole nitrogens is 1. The molecule has 0 aliphatic carbocycles. The molecule has 27 heavy (non-hydrogen) atoms. The van der Waals surface area contributed by atoms with E-state index < -0.39 is 5.41 Å². The lowest BCUT2D eigenvalue weighted by molar-refractivity contribution is -0.122. The summed E-state index contributed by atoms with van der Waals surface area (Å²) >= 11 is 0. The number of hydrogen-bond acceptors (Lipinski definition) is 3. The standard InChI is InChI=1S/C20H22N4O3/c1-23(2)17(25)13-3-4-16-15(11-13)20(19(27)22-16)6-9-24(10-7-20)18(26)14-5-8-21-12-14/h3-5,8,11-12,21H,6-7,9-10H2,1-2H3,(H,22,27). The highest BCUT2D eigenvalue weighted by Gasteiger charge is 2.49. The van der Waals surface area contributed by atoms with E-state index in [-0.39, 0.29) is 17.7 Å². The van der Waals surface area contributed by atoms with Gasteiger partial charge < -0.3 is 20.1 Å². The fourth-order valence-corrected chi connectivity index (χ4v) is 4.03. The molecule has 1 aromatic heterocycles. The average molecular weight is 366 g/mol. The van der Waals surface area contributed by atoms with Crippen LogP contribution >= 0.6 is 0 Å². The molecule has 0 radical (unpaired) electrons. The third kappa shape index (κ3) is 2.70. The maximum atomic E-state index is 12.8. The molecule has 2 aromatic rings. The van der Waals surface area contributed by atoms with Gasteiger partial charge in [0.2, 0.25) is 5.91 Å². The number of nitrogens with zero attached hydrogens (tertiary/aromatic N) is 2. The first-order valence-corrected chi connectivity index (χ1v) is 9.02. The molecule has 3 amide bonds. The molecule has 7 heteroatoms. The van der Waals surface area contributed by atoms with Gasteiger partial charge >= 0.3 is 0 Å². The molecule has 1 aromatic carbocycles. The van der Waals surface area contributed by atoms with E-state index in [0.29, 0.717) is 37.1 Å². The third-order valence-corrected chi connectivity index (χ3v) is 5.62. The number of piperidine rings is 1. The second-order valence-corrected chi connectivity index (χ2v) is 7.39. The third-order valence-electron chi connectivity index (χ3n) is 5.62. The van der Waals surface area contributed by atoms with Crippen LogP contribution < -0.4 is 5.32 Å². The molecule has 1 spiro atoms. The molecule has 2 aliphatic rings. The van der Waals surface area contributed by atoms with Crippen molar-refractivity contribution in [1.82, 2.24) is 14.8 Å². The molecular weight excluding hydrogens is 344 g/mol. The molecule has 1 fully saturated rings. The van der Waals surface area contributed by atoms with Crippen molar-refractivity contribution in [2.75, 3.05) is 32.5 Å². The van der Waals surface area contributed by atoms with Crippen LogP contribution in [0.25, 0.3) is 0 Å². The van der Waals surface area contributed by atoms with Gasteiger partial charge in [0.25, 0.3) is 11.8 Å². The van der Waals surface area contributed by atoms with Crippen LogP contribution in [-0.2, 0) is 10.2 Å². The Labute approximate surface area is 157 Å². The number of carbonyl (C=O) groups is 3. The van der Waals surface area contributed by atoms with Gasteiger partial charge in [0.1, 0.15) is 0 Å². The zero-order chi connectivity index (χ0) is 19.2. The SMILES string of the molecule is CN(C)C(=O)c1ccc2c(c1)C1(CCN(C(=O)c3cc[nH]c3)CC1)C(=O)N2. The summed E-state index contributed by atoms with van der Waals surface area (Å²) in [5, 5.41) is 2.95. The number of rotatable bonds is 2. The Hall–Kier alpha value is -3.09. The summed E-state index contributed by atoms with van der Waals surface area (Å²) in [6.45, 7) is 1.01. The fraction of sp³-hybridized carbons (Fsp3) is 0.350. The van der Waals surface area contributed by atoms with Crippen LogP contribution in [0.3, 0.4) is 0 Å². The van der Waals surface area contributed by atoms with E-state index in [9.17, 15) is 14.4 Å². The van der Waals surface area contributed by atoms with Gasteiger partial charge in [-0.15, -0.1) is 0 Å². The van der Waals surface area contributed by atoms with E-state index in [1.165, 1.54) is 4.90 Å². The van der Waals surface area contributed by atoms with Gasteiger partial charge in [-0.3, -0.25) is 14.4 Å². The highest BCUT2D eigenvalue weighted by atomic mass is 16.2. The maximum absolute atomic E-state index is 12.8. The Kier molecular flexibility index (Phi) is 4.02. The van der Waals surface area contributed by atoms with E-state index in [0.717, 1.165) is 11.3 Å². The van der Waals surface area contributed by atoms with Crippen LogP contribution in [-0.4, -0.2) is 59.7 Å². The zero-order valence-corrected chi connectivity index (χ0v) is 15.4. The lowest BCUT2D eigenvalue weighted by Gasteiger charge is -2.38. The van der Waals surface area contributed by atoms with Crippen molar-refractivity contribution in [2.45, 2.75) is 18.3 Å². The van der Waals surface area contributed by atoms with E-state index in [1.807, 2.05) is 6.07 Å². The molecule has 0 saturated carbocycles. The molecule has 140 valence electrons. The van der Waals surface area contributed by atoms with Gasteiger partial charge in [0.05, 0.1) is 11.0 Å². The summed E-state index contributed by atoms with van der Waals surface area (Å²) in [5.41, 5.74) is 2.16. The van der Waals surface area contributed by atoms with Crippen LogP contribution in [0.15, 0.2) is 36.7 Å². The smallest absolute Gasteiger partial charge is 0.255 e. The fourth-order valence-electron chi connectivity index (χ4n) is 4.03. The lowest BCUT2D eigenvalue weighted by atomic mass is 9.73. The zero-order valence-electron chi connectivity index (χ0n) is 15.4. The summed E-state index contributed by atoms with van der Waals surface area (Å²) in [6.07, 6.45) is 4.50. The molecule has 2 N–H and O–H groups in total. The second kappa shape index (κ2) is 6.26. The highest BCUT2D eigenvalue weighted by molar-refractivity contribution is 6.08. The minimum atomic E-state index is -0.674. The number of nitrogens with one attached hydrogen (secondary N) is 2. The normalized spacial score (nSPS) is 17.6. The van der Waals surface area contributed by atoms with E-state index in [1.54, 1.807) is 49.6 Å². The second-order valence-electron chi connectivity index (χ2n) is 7.39. The molecule has 4 rings (SSSR count). The van der Waals surface area contributed by atoms with Gasteiger partial charge in [0.15, 0.2) is 0 Å². The number of carbonyl (C=O) groups excluding carboxylic acids is 3. The minimum Gasteiger partial charge on any atom is -0.367 e. The van der Waals surface area contributed by atoms with Crippen molar-refractivity contribution in [1.29, 1.82) is 0 Å². The Morgan fingerprint density at radius 3 is 2.48 bits per heavy atom. The average Bonchev–Trinajstić information content (AvgIpc) is 3.29. The first-order valence-electron chi connectivity index (χ1n) is 9.02. The van der Waals surface area contributed by atoms with Crippen molar-refractivity contribution in [2.24, 2.45) is 0 Å². The van der Waals surface area contributed by atoms with Crippen LogP contribution in [0, 0.1) is 0 Å². The number of amides is 3. The van der Waals surface area contributed by atoms with E-state index >= 15 is 0 Å². The monoisotopic (exact) mass is 366 g/mol. The lowest BCUT2D eigenvalue weighted by Crippen LogP contribution is -2.48. The topological polar surface area (TPSA) is 85.5 Å². The number of anilines is 1. The van der Waals surface area contributed by atoms with Gasteiger partial charge in [-0.05, 0) is 42.7 Å². The number of aromatic amines is 1. The molecular formula is C20H22N4O3. The number of hydrogen-bond donors (Lipinski definition) is 2. The molecule has 0 atom stereocenters. The summed E-state index contributed by atoms with van der Waals surface area (Å²) in [6, 6.07) is 7.13. The van der Waals surface area contributed by atoms with Crippen LogP contribution in [0.2, 0.25) is 0 Å². The van der Waals surface area contributed by atoms with Crippen molar-refractivity contribution in [3.05, 3.63) is 53.3 Å². The van der Waals surface area contributed by atoms with Gasteiger partial charge in [-0.2, -0.15) is 0 Å². The molecule has 1 saturated heterocycles. The van der Waals surface area contributed by atoms with Crippen molar-refractivity contribution < 1.29 is 14.4 Å². The van der Waals surface area contributed by atoms with Gasteiger partial charge in [-0.25, -0.2) is 0 Å². The van der Waals surface area contributed by atoms with E-state index in [2.05, 4.69) is 10.3 Å². The number of benzene rings is 1. The first kappa shape index (κ1) is 17.3. The van der Waals surface area contributed by atoms with Gasteiger partial charge in [0, 0.05) is 50.8 Å². The van der Waals surface area contributed by atoms with Crippen molar-refractivity contribution in [3.63, 3.8) is 0 Å². The van der Waals surface area contributed by atoms with Crippen LogP contribution in [0.4, 0.5) is 5.69 Å². The molecule has 7 nitrogen and oxygen atoms in total. The first-order chi connectivity index (χ1) is 12.9. The largest absolute Gasteiger partial charge is 0.367 e. The van der Waals surface area contributed by atoms with Crippen LogP contribution in [0.5, 0.6) is 0 Å². The molecule has 0 unspecified atom stereocenters. The number of fused-ring (bicyclic) bond motifs is 2. The quantitative estimate of drug-likeness (QED) is 0.850. The number of likely N-dealkylation sites (tertiary alicyclic amines) is 1. The summed E-state index contributed by atoms with van der Waals surface area (Å²) in [7, 11) is 3.42. The Morgan fingerprint density at radius 2 is 1.85 bits per heavy atom. The Morgan fingerprint density at radius 1 is 1.11 bits per heavy atom. The summed E-state index contributed by atoms with van der Waals surface area (Å²) in [5.74, 6) is -0.158. The molecule has 2 aliphatic heterocycles. The predicted molar refractivity (Wildman–Crippen MR) is 101 cm³/mol. The van der Waals surface area contributed by atoms with Crippen molar-refractivity contribution >= 4 is 23.4 Å². The van der Waals surface area contributed by atoms with E-state index in [4.69, 9.17) is 0 Å². The number of aromatic nitrogens is 1. The predicted octanol–water partition coefficient (Wildman–Crippen LogP) is 1.84. The van der Waals surface area contributed by atoms with Crippen molar-refractivity contribution in [3.8, 4) is 0 Å². The van der Waals surface area contributed by atoms with Gasteiger partial charge in [-0.1, -0.05) is 0 Å².